The monoisotopic (exact) mass is 394 g/mol. The fraction of sp³-hybridized carbons (Fsp3) is 0.143. The third-order valence-corrected chi connectivity index (χ3v) is 3.86. The SMILES string of the molecule is CCOC(=O)c1ccc(NC(=O)COc2ccccc2C(=O)c2cnoc2)cc1. The first kappa shape index (κ1) is 19.8. The molecule has 0 unspecified atom stereocenters. The summed E-state index contributed by atoms with van der Waals surface area (Å²) in [6.45, 7) is 1.72. The van der Waals surface area contributed by atoms with Crippen molar-refractivity contribution in [3.05, 3.63) is 77.7 Å². The number of hydrogen-bond acceptors (Lipinski definition) is 7. The summed E-state index contributed by atoms with van der Waals surface area (Å²) in [5, 5.41) is 6.18. The number of ketones is 1. The van der Waals surface area contributed by atoms with Gasteiger partial charge in [0.1, 0.15) is 12.0 Å². The molecule has 29 heavy (non-hydrogen) atoms. The number of carbonyl (C=O) groups is 3. The largest absolute Gasteiger partial charge is 0.483 e. The number of carbonyl (C=O) groups excluding carboxylic acids is 3. The first-order valence-corrected chi connectivity index (χ1v) is 8.81. The molecular weight excluding hydrogens is 376 g/mol. The predicted molar refractivity (Wildman–Crippen MR) is 103 cm³/mol. The Morgan fingerprint density at radius 3 is 2.48 bits per heavy atom. The van der Waals surface area contributed by atoms with Gasteiger partial charge >= 0.3 is 5.97 Å². The minimum atomic E-state index is -0.428. The van der Waals surface area contributed by atoms with Crippen LogP contribution in [0.3, 0.4) is 0 Å². The maximum atomic E-state index is 12.5. The van der Waals surface area contributed by atoms with Crippen LogP contribution in [0.5, 0.6) is 5.75 Å². The molecule has 148 valence electrons. The zero-order chi connectivity index (χ0) is 20.6. The second-order valence-corrected chi connectivity index (χ2v) is 5.87. The van der Waals surface area contributed by atoms with Gasteiger partial charge in [0.2, 0.25) is 5.78 Å². The summed E-state index contributed by atoms with van der Waals surface area (Å²) >= 11 is 0. The first-order valence-electron chi connectivity index (χ1n) is 8.81. The molecule has 0 spiro atoms. The lowest BCUT2D eigenvalue weighted by molar-refractivity contribution is -0.118. The van der Waals surface area contributed by atoms with Crippen molar-refractivity contribution in [2.45, 2.75) is 6.92 Å². The molecule has 1 N–H and O–H groups in total. The molecular formula is C21H18N2O6. The Bertz CT molecular complexity index is 996. The van der Waals surface area contributed by atoms with Crippen molar-refractivity contribution >= 4 is 23.3 Å². The van der Waals surface area contributed by atoms with E-state index in [0.29, 0.717) is 16.8 Å². The number of nitrogens with zero attached hydrogens (tertiary/aromatic N) is 1. The van der Waals surface area contributed by atoms with E-state index in [1.165, 1.54) is 12.5 Å². The van der Waals surface area contributed by atoms with E-state index in [0.717, 1.165) is 0 Å². The van der Waals surface area contributed by atoms with Gasteiger partial charge in [-0.1, -0.05) is 17.3 Å². The Hall–Kier alpha value is -3.94. The van der Waals surface area contributed by atoms with Crippen LogP contribution >= 0.6 is 0 Å². The van der Waals surface area contributed by atoms with E-state index in [9.17, 15) is 14.4 Å². The highest BCUT2D eigenvalue weighted by molar-refractivity contribution is 6.10. The van der Waals surface area contributed by atoms with Crippen LogP contribution in [0, 0.1) is 0 Å². The molecule has 0 atom stereocenters. The third-order valence-electron chi connectivity index (χ3n) is 3.86. The maximum Gasteiger partial charge on any atom is 0.338 e. The van der Waals surface area contributed by atoms with Gasteiger partial charge in [0, 0.05) is 5.69 Å². The first-order chi connectivity index (χ1) is 14.1. The normalized spacial score (nSPS) is 10.2. The summed E-state index contributed by atoms with van der Waals surface area (Å²) in [6.07, 6.45) is 2.55. The van der Waals surface area contributed by atoms with Gasteiger partial charge in [-0.05, 0) is 43.3 Å². The van der Waals surface area contributed by atoms with Gasteiger partial charge in [-0.25, -0.2) is 4.79 Å². The van der Waals surface area contributed by atoms with Crippen LogP contribution in [0.25, 0.3) is 0 Å². The second-order valence-electron chi connectivity index (χ2n) is 5.87. The number of para-hydroxylation sites is 1. The quantitative estimate of drug-likeness (QED) is 0.462. The minimum absolute atomic E-state index is 0.270. The van der Waals surface area contributed by atoms with Gasteiger partial charge in [-0.15, -0.1) is 0 Å². The van der Waals surface area contributed by atoms with Crippen LogP contribution in [0.1, 0.15) is 33.2 Å². The van der Waals surface area contributed by atoms with Crippen molar-refractivity contribution in [2.24, 2.45) is 0 Å². The lowest BCUT2D eigenvalue weighted by Gasteiger charge is -2.11. The zero-order valence-corrected chi connectivity index (χ0v) is 15.6. The molecule has 0 saturated carbocycles. The van der Waals surface area contributed by atoms with Crippen LogP contribution in [-0.2, 0) is 9.53 Å². The van der Waals surface area contributed by atoms with Gasteiger partial charge in [-0.2, -0.15) is 0 Å². The van der Waals surface area contributed by atoms with Crippen molar-refractivity contribution in [3.8, 4) is 5.75 Å². The lowest BCUT2D eigenvalue weighted by Crippen LogP contribution is -2.21. The standard InChI is InChI=1S/C21H18N2O6/c1-2-27-21(26)14-7-9-16(10-8-14)23-19(24)13-28-18-6-4-3-5-17(18)20(25)15-11-22-29-12-15/h3-12H,2,13H2,1H3,(H,23,24). The molecule has 0 saturated heterocycles. The molecule has 1 heterocycles. The van der Waals surface area contributed by atoms with Crippen molar-refractivity contribution < 1.29 is 28.4 Å². The average molecular weight is 394 g/mol. The second kappa shape index (κ2) is 9.32. The summed E-state index contributed by atoms with van der Waals surface area (Å²) in [4.78, 5) is 36.3. The van der Waals surface area contributed by atoms with Gasteiger partial charge in [0.15, 0.2) is 6.61 Å². The van der Waals surface area contributed by atoms with Gasteiger partial charge in [-0.3, -0.25) is 9.59 Å². The predicted octanol–water partition coefficient (Wildman–Crippen LogP) is 3.10. The number of benzene rings is 2. The molecule has 1 aromatic heterocycles. The van der Waals surface area contributed by atoms with Crippen molar-refractivity contribution in [1.82, 2.24) is 5.16 Å². The molecule has 2 aromatic carbocycles. The molecule has 0 aliphatic rings. The van der Waals surface area contributed by atoms with Crippen LogP contribution in [-0.4, -0.2) is 36.0 Å². The molecule has 3 rings (SSSR count). The Labute approximate surface area is 166 Å². The molecule has 0 radical (unpaired) electrons. The molecule has 0 bridgehead atoms. The Balaban J connectivity index is 1.60. The molecule has 3 aromatic rings. The minimum Gasteiger partial charge on any atom is -0.483 e. The number of hydrogen-bond donors (Lipinski definition) is 1. The smallest absolute Gasteiger partial charge is 0.338 e. The van der Waals surface area contributed by atoms with Crippen molar-refractivity contribution in [1.29, 1.82) is 0 Å². The average Bonchev–Trinajstić information content (AvgIpc) is 3.27. The molecule has 8 heteroatoms. The topological polar surface area (TPSA) is 108 Å². The maximum absolute atomic E-state index is 12.5. The highest BCUT2D eigenvalue weighted by Gasteiger charge is 2.17. The van der Waals surface area contributed by atoms with Gasteiger partial charge in [0.25, 0.3) is 5.91 Å². The number of rotatable bonds is 8. The number of amides is 1. The summed E-state index contributed by atoms with van der Waals surface area (Å²) in [5.41, 5.74) is 1.47. The van der Waals surface area contributed by atoms with E-state index < -0.39 is 11.9 Å². The summed E-state index contributed by atoms with van der Waals surface area (Å²) in [6, 6.07) is 12.9. The third kappa shape index (κ3) is 5.07. The summed E-state index contributed by atoms with van der Waals surface area (Å²) in [5.74, 6) is -0.896. The molecule has 0 aliphatic carbocycles. The van der Waals surface area contributed by atoms with E-state index in [2.05, 4.69) is 10.5 Å². The Morgan fingerprint density at radius 2 is 1.79 bits per heavy atom. The number of ether oxygens (including phenoxy) is 2. The Kier molecular flexibility index (Phi) is 6.36. The van der Waals surface area contributed by atoms with E-state index >= 15 is 0 Å². The zero-order valence-electron chi connectivity index (χ0n) is 15.6. The molecule has 0 aliphatic heterocycles. The lowest BCUT2D eigenvalue weighted by atomic mass is 10.1. The van der Waals surface area contributed by atoms with Crippen LogP contribution in [0.2, 0.25) is 0 Å². The fourth-order valence-electron chi connectivity index (χ4n) is 2.50. The van der Waals surface area contributed by atoms with Gasteiger partial charge < -0.3 is 19.3 Å². The van der Waals surface area contributed by atoms with E-state index in [1.54, 1.807) is 55.5 Å². The summed E-state index contributed by atoms with van der Waals surface area (Å²) in [7, 11) is 0. The number of anilines is 1. The fourth-order valence-corrected chi connectivity index (χ4v) is 2.50. The van der Waals surface area contributed by atoms with Crippen molar-refractivity contribution in [3.63, 3.8) is 0 Å². The van der Waals surface area contributed by atoms with Crippen LogP contribution in [0.15, 0.2) is 65.5 Å². The summed E-state index contributed by atoms with van der Waals surface area (Å²) < 4.78 is 15.1. The van der Waals surface area contributed by atoms with E-state index in [-0.39, 0.29) is 30.3 Å². The number of nitrogens with one attached hydrogen (secondary N) is 1. The van der Waals surface area contributed by atoms with E-state index in [1.807, 2.05) is 0 Å². The molecule has 8 nitrogen and oxygen atoms in total. The number of aromatic nitrogens is 1. The highest BCUT2D eigenvalue weighted by Crippen LogP contribution is 2.21. The highest BCUT2D eigenvalue weighted by atomic mass is 16.5. The molecule has 1 amide bonds. The van der Waals surface area contributed by atoms with Crippen molar-refractivity contribution in [2.75, 3.05) is 18.5 Å². The Morgan fingerprint density at radius 1 is 1.03 bits per heavy atom. The van der Waals surface area contributed by atoms with Crippen LogP contribution in [0.4, 0.5) is 5.69 Å². The van der Waals surface area contributed by atoms with Gasteiger partial charge in [0.05, 0.1) is 29.5 Å². The van der Waals surface area contributed by atoms with Crippen LogP contribution < -0.4 is 10.1 Å². The molecule has 0 fully saturated rings. The number of esters is 1. The van der Waals surface area contributed by atoms with E-state index in [4.69, 9.17) is 14.0 Å².